The summed E-state index contributed by atoms with van der Waals surface area (Å²) in [5.41, 5.74) is 5.87. The zero-order valence-electron chi connectivity index (χ0n) is 8.99. The number of carbonyl (C=O) groups is 1. The maximum atomic E-state index is 11.9. The van der Waals surface area contributed by atoms with Crippen LogP contribution in [-0.4, -0.2) is 36.4 Å². The highest BCUT2D eigenvalue weighted by molar-refractivity contribution is 7.18. The second-order valence-electron chi connectivity index (χ2n) is 4.16. The molecule has 0 saturated carbocycles. The second kappa shape index (κ2) is 5.27. The van der Waals surface area contributed by atoms with E-state index in [1.165, 1.54) is 11.3 Å². The lowest BCUT2D eigenvalue weighted by Gasteiger charge is -2.29. The van der Waals surface area contributed by atoms with Crippen LogP contribution >= 0.6 is 22.9 Å². The number of halogens is 1. The molecule has 1 aromatic rings. The molecule has 0 aliphatic carbocycles. The summed E-state index contributed by atoms with van der Waals surface area (Å²) in [4.78, 5) is 14.8. The standard InChI is InChI=1S/C11H15ClN2OS/c12-11-4-3-10(16-11)9(15)7-14-5-1-2-8(13)6-14/h3-4,8H,1-2,5-7,13H2. The van der Waals surface area contributed by atoms with Crippen molar-refractivity contribution < 1.29 is 4.79 Å². The Morgan fingerprint density at radius 2 is 2.44 bits per heavy atom. The number of hydrogen-bond acceptors (Lipinski definition) is 4. The van der Waals surface area contributed by atoms with Gasteiger partial charge in [0.2, 0.25) is 0 Å². The number of ketones is 1. The molecule has 1 aliphatic heterocycles. The Hall–Kier alpha value is -0.420. The summed E-state index contributed by atoms with van der Waals surface area (Å²) in [6.45, 7) is 2.26. The highest BCUT2D eigenvalue weighted by Gasteiger charge is 2.20. The Morgan fingerprint density at radius 3 is 3.06 bits per heavy atom. The minimum atomic E-state index is 0.144. The number of nitrogens with two attached hydrogens (primary N) is 1. The van der Waals surface area contributed by atoms with Crippen LogP contribution in [0, 0.1) is 0 Å². The van der Waals surface area contributed by atoms with E-state index in [1.807, 2.05) is 0 Å². The molecule has 1 aliphatic rings. The van der Waals surface area contributed by atoms with E-state index < -0.39 is 0 Å². The lowest BCUT2D eigenvalue weighted by atomic mass is 10.1. The van der Waals surface area contributed by atoms with E-state index in [-0.39, 0.29) is 11.8 Å². The van der Waals surface area contributed by atoms with Gasteiger partial charge in [0.1, 0.15) is 0 Å². The van der Waals surface area contributed by atoms with Gasteiger partial charge in [-0.05, 0) is 31.5 Å². The van der Waals surface area contributed by atoms with E-state index in [0.717, 1.165) is 30.8 Å². The Kier molecular flexibility index (Phi) is 3.97. The average molecular weight is 259 g/mol. The summed E-state index contributed by atoms with van der Waals surface area (Å²) >= 11 is 7.15. The number of hydrogen-bond donors (Lipinski definition) is 1. The quantitative estimate of drug-likeness (QED) is 0.844. The van der Waals surface area contributed by atoms with E-state index in [4.69, 9.17) is 17.3 Å². The van der Waals surface area contributed by atoms with Crippen molar-refractivity contribution in [3.8, 4) is 0 Å². The monoisotopic (exact) mass is 258 g/mol. The third kappa shape index (κ3) is 3.04. The summed E-state index contributed by atoms with van der Waals surface area (Å²) in [5, 5.41) is 0. The SMILES string of the molecule is NC1CCCN(CC(=O)c2ccc(Cl)s2)C1. The molecular weight excluding hydrogens is 244 g/mol. The smallest absolute Gasteiger partial charge is 0.186 e. The fourth-order valence-corrected chi connectivity index (χ4v) is 2.95. The van der Waals surface area contributed by atoms with Crippen LogP contribution < -0.4 is 5.73 Å². The van der Waals surface area contributed by atoms with E-state index in [9.17, 15) is 4.79 Å². The van der Waals surface area contributed by atoms with Crippen LogP contribution in [0.4, 0.5) is 0 Å². The van der Waals surface area contributed by atoms with Crippen LogP contribution in [0.2, 0.25) is 4.34 Å². The first-order valence-corrected chi connectivity index (χ1v) is 6.61. The molecule has 2 N–H and O–H groups in total. The van der Waals surface area contributed by atoms with Crippen molar-refractivity contribution in [3.05, 3.63) is 21.3 Å². The Balaban J connectivity index is 1.92. The molecular formula is C11H15ClN2OS. The molecule has 1 unspecified atom stereocenters. The third-order valence-corrected chi connectivity index (χ3v) is 4.03. The van der Waals surface area contributed by atoms with Gasteiger partial charge in [-0.25, -0.2) is 0 Å². The maximum Gasteiger partial charge on any atom is 0.186 e. The molecule has 0 amide bonds. The number of nitrogens with zero attached hydrogens (tertiary/aromatic N) is 1. The van der Waals surface area contributed by atoms with E-state index >= 15 is 0 Å². The van der Waals surface area contributed by atoms with Crippen molar-refractivity contribution in [2.24, 2.45) is 5.73 Å². The van der Waals surface area contributed by atoms with Crippen molar-refractivity contribution in [2.75, 3.05) is 19.6 Å². The number of piperidine rings is 1. The molecule has 0 spiro atoms. The van der Waals surface area contributed by atoms with E-state index in [2.05, 4.69) is 4.90 Å². The minimum absolute atomic E-state index is 0.144. The second-order valence-corrected chi connectivity index (χ2v) is 5.88. The van der Waals surface area contributed by atoms with Crippen LogP contribution in [0.5, 0.6) is 0 Å². The number of likely N-dealkylation sites (tertiary alicyclic amines) is 1. The normalized spacial score (nSPS) is 22.2. The highest BCUT2D eigenvalue weighted by Crippen LogP contribution is 2.22. The lowest BCUT2D eigenvalue weighted by molar-refractivity contribution is 0.0912. The minimum Gasteiger partial charge on any atom is -0.327 e. The van der Waals surface area contributed by atoms with Gasteiger partial charge in [-0.2, -0.15) is 0 Å². The van der Waals surface area contributed by atoms with Gasteiger partial charge in [-0.15, -0.1) is 11.3 Å². The van der Waals surface area contributed by atoms with Crippen LogP contribution in [0.1, 0.15) is 22.5 Å². The van der Waals surface area contributed by atoms with Crippen molar-refractivity contribution >= 4 is 28.7 Å². The molecule has 0 aromatic carbocycles. The zero-order chi connectivity index (χ0) is 11.5. The molecule has 3 nitrogen and oxygen atoms in total. The number of carbonyl (C=O) groups excluding carboxylic acids is 1. The molecule has 1 saturated heterocycles. The highest BCUT2D eigenvalue weighted by atomic mass is 35.5. The Morgan fingerprint density at radius 1 is 1.62 bits per heavy atom. The molecule has 5 heteroatoms. The van der Waals surface area contributed by atoms with Gasteiger partial charge in [0.05, 0.1) is 15.8 Å². The largest absolute Gasteiger partial charge is 0.327 e. The Bertz CT molecular complexity index is 380. The van der Waals surface area contributed by atoms with Gasteiger partial charge in [0.25, 0.3) is 0 Å². The first kappa shape index (κ1) is 12.0. The molecule has 88 valence electrons. The van der Waals surface area contributed by atoms with Crippen molar-refractivity contribution in [1.82, 2.24) is 4.90 Å². The van der Waals surface area contributed by atoms with Gasteiger partial charge in [0.15, 0.2) is 5.78 Å². The average Bonchev–Trinajstić information content (AvgIpc) is 2.65. The molecule has 0 bridgehead atoms. The molecule has 2 heterocycles. The Labute approximate surface area is 104 Å². The summed E-state index contributed by atoms with van der Waals surface area (Å²) in [7, 11) is 0. The molecule has 1 atom stereocenters. The van der Waals surface area contributed by atoms with E-state index in [1.54, 1.807) is 12.1 Å². The van der Waals surface area contributed by atoms with Gasteiger partial charge < -0.3 is 5.73 Å². The van der Waals surface area contributed by atoms with Gasteiger partial charge in [-0.1, -0.05) is 11.6 Å². The zero-order valence-corrected chi connectivity index (χ0v) is 10.6. The number of rotatable bonds is 3. The van der Waals surface area contributed by atoms with Gasteiger partial charge in [-0.3, -0.25) is 9.69 Å². The van der Waals surface area contributed by atoms with Crippen molar-refractivity contribution in [1.29, 1.82) is 0 Å². The van der Waals surface area contributed by atoms with Crippen LogP contribution in [-0.2, 0) is 0 Å². The fraction of sp³-hybridized carbons (Fsp3) is 0.545. The summed E-state index contributed by atoms with van der Waals surface area (Å²) < 4.78 is 0.665. The molecule has 2 rings (SSSR count). The van der Waals surface area contributed by atoms with Crippen molar-refractivity contribution in [2.45, 2.75) is 18.9 Å². The van der Waals surface area contributed by atoms with Gasteiger partial charge >= 0.3 is 0 Å². The molecule has 1 aromatic heterocycles. The summed E-state index contributed by atoms with van der Waals surface area (Å²) in [5.74, 6) is 0.144. The lowest BCUT2D eigenvalue weighted by Crippen LogP contribution is -2.44. The summed E-state index contributed by atoms with van der Waals surface area (Å²) in [6.07, 6.45) is 2.15. The van der Waals surface area contributed by atoms with Crippen LogP contribution in [0.15, 0.2) is 12.1 Å². The fourth-order valence-electron chi connectivity index (χ4n) is 1.98. The number of thiophene rings is 1. The first-order valence-electron chi connectivity index (χ1n) is 5.41. The summed E-state index contributed by atoms with van der Waals surface area (Å²) in [6, 6.07) is 3.77. The van der Waals surface area contributed by atoms with Crippen LogP contribution in [0.3, 0.4) is 0 Å². The van der Waals surface area contributed by atoms with Crippen molar-refractivity contribution in [3.63, 3.8) is 0 Å². The number of Topliss-reactive ketones (excluding diaryl/α,β-unsaturated/α-hetero) is 1. The van der Waals surface area contributed by atoms with Gasteiger partial charge in [0, 0.05) is 12.6 Å². The maximum absolute atomic E-state index is 11.9. The predicted octanol–water partition coefficient (Wildman–Crippen LogP) is 2.01. The topological polar surface area (TPSA) is 46.3 Å². The first-order chi connectivity index (χ1) is 7.65. The van der Waals surface area contributed by atoms with Crippen LogP contribution in [0.25, 0.3) is 0 Å². The third-order valence-electron chi connectivity index (χ3n) is 2.76. The molecule has 0 radical (unpaired) electrons. The predicted molar refractivity (Wildman–Crippen MR) is 67.3 cm³/mol. The van der Waals surface area contributed by atoms with E-state index in [0.29, 0.717) is 10.9 Å². The molecule has 16 heavy (non-hydrogen) atoms. The molecule has 1 fully saturated rings.